The molecule has 0 spiro atoms. The monoisotopic (exact) mass is 636 g/mol. The number of aliphatic hydroxyl groups is 1. The van der Waals surface area contributed by atoms with Crippen molar-refractivity contribution < 1.29 is 66.1 Å². The van der Waals surface area contributed by atoms with Crippen molar-refractivity contribution in [2.45, 2.75) is 77.1 Å². The van der Waals surface area contributed by atoms with Crippen LogP contribution in [0, 0.1) is 23.7 Å². The zero-order chi connectivity index (χ0) is 31.5. The Morgan fingerprint density at radius 3 is 1.62 bits per heavy atom. The number of hydrogen-bond donors (Lipinski definition) is 1. The topological polar surface area (TPSA) is 125 Å². The molecular weight excluding hydrogens is 598 g/mol. The average molecular weight is 637 g/mol. The van der Waals surface area contributed by atoms with Crippen LogP contribution in [-0.4, -0.2) is 59.1 Å². The second-order valence-electron chi connectivity index (χ2n) is 9.86. The Labute approximate surface area is 231 Å². The minimum Gasteiger partial charge on any atom is -0.396 e. The number of hydrogen-bond acceptors (Lipinski definition) is 9. The normalized spacial score (nSPS) is 18.5. The molecule has 238 valence electrons. The zero-order valence-electron chi connectivity index (χ0n) is 22.8. The van der Waals surface area contributed by atoms with Gasteiger partial charge in [0.05, 0.1) is 13.2 Å². The molecule has 1 fully saturated rings. The van der Waals surface area contributed by atoms with Crippen LogP contribution in [0.25, 0.3) is 0 Å². The maximum atomic E-state index is 12.4. The van der Waals surface area contributed by atoms with Crippen LogP contribution in [0.1, 0.15) is 59.8 Å². The third-order valence-corrected chi connectivity index (χ3v) is 7.27. The summed E-state index contributed by atoms with van der Waals surface area (Å²) in [4.78, 5) is 0. The van der Waals surface area contributed by atoms with Gasteiger partial charge in [0.2, 0.25) is 0 Å². The van der Waals surface area contributed by atoms with E-state index >= 15 is 0 Å². The van der Waals surface area contributed by atoms with E-state index in [1.807, 2.05) is 13.8 Å². The van der Waals surface area contributed by atoms with E-state index in [1.54, 1.807) is 13.8 Å². The maximum Gasteiger partial charge on any atom is 0.534 e. The van der Waals surface area contributed by atoms with Gasteiger partial charge in [0.1, 0.15) is 11.5 Å². The molecule has 0 aromatic heterocycles. The maximum absolute atomic E-state index is 12.4. The van der Waals surface area contributed by atoms with Gasteiger partial charge in [0.15, 0.2) is 6.29 Å². The fourth-order valence-electron chi connectivity index (χ4n) is 3.32. The second kappa shape index (κ2) is 16.2. The van der Waals surface area contributed by atoms with Crippen molar-refractivity contribution in [2.75, 3.05) is 19.8 Å². The molecule has 0 bridgehead atoms. The van der Waals surface area contributed by atoms with Crippen LogP contribution in [0.15, 0.2) is 24.7 Å². The van der Waals surface area contributed by atoms with Crippen molar-refractivity contribution in [3.05, 3.63) is 24.7 Å². The number of halogens is 6. The zero-order valence-corrected chi connectivity index (χ0v) is 24.4. The molecule has 0 radical (unpaired) electrons. The standard InChI is InChI=1S/C14H23F3O5S.C9H15F3O4S/c1-10(2)8-12(9-21-13-6-4-5-7-20-13)11(3)22-23(18,19)14(15,16)17;1-6(2)4-8(5-13)7(3)16-17(14,15)9(10,11)12/h10,12-13H,3-9H2,1-2H3;6,8,13H,3-5H2,1-2H3. The van der Waals surface area contributed by atoms with Gasteiger partial charge in [0, 0.05) is 18.4 Å². The molecule has 1 rings (SSSR count). The molecule has 1 aliphatic rings. The van der Waals surface area contributed by atoms with E-state index in [4.69, 9.17) is 14.6 Å². The first kappa shape index (κ1) is 38.4. The first-order valence-electron chi connectivity index (χ1n) is 12.3. The Morgan fingerprint density at radius 1 is 0.850 bits per heavy atom. The molecule has 0 aromatic carbocycles. The summed E-state index contributed by atoms with van der Waals surface area (Å²) in [6, 6.07) is 0. The molecule has 0 aliphatic carbocycles. The molecule has 3 unspecified atom stereocenters. The summed E-state index contributed by atoms with van der Waals surface area (Å²) in [5.74, 6) is -2.42. The molecule has 0 aromatic rings. The van der Waals surface area contributed by atoms with E-state index in [1.165, 1.54) is 0 Å². The Bertz CT molecular complexity index is 1000. The van der Waals surface area contributed by atoms with Gasteiger partial charge < -0.3 is 22.9 Å². The molecule has 40 heavy (non-hydrogen) atoms. The summed E-state index contributed by atoms with van der Waals surface area (Å²) >= 11 is 0. The lowest BCUT2D eigenvalue weighted by Gasteiger charge is -2.27. The van der Waals surface area contributed by atoms with Crippen LogP contribution in [0.4, 0.5) is 26.3 Å². The highest BCUT2D eigenvalue weighted by atomic mass is 32.2. The first-order valence-corrected chi connectivity index (χ1v) is 15.1. The molecule has 0 saturated carbocycles. The first-order chi connectivity index (χ1) is 18.0. The van der Waals surface area contributed by atoms with Gasteiger partial charge in [-0.25, -0.2) is 0 Å². The van der Waals surface area contributed by atoms with E-state index in [0.29, 0.717) is 19.4 Å². The number of alkyl halides is 6. The van der Waals surface area contributed by atoms with Crippen LogP contribution in [0.2, 0.25) is 0 Å². The summed E-state index contributed by atoms with van der Waals surface area (Å²) in [6.45, 7) is 13.8. The Hall–Kier alpha value is -1.56. The lowest BCUT2D eigenvalue weighted by atomic mass is 9.96. The molecule has 1 saturated heterocycles. The quantitative estimate of drug-likeness (QED) is 0.112. The van der Waals surface area contributed by atoms with Crippen LogP contribution >= 0.6 is 0 Å². The summed E-state index contributed by atoms with van der Waals surface area (Å²) in [5, 5.41) is 8.93. The van der Waals surface area contributed by atoms with Gasteiger partial charge in [-0.05, 0) is 43.9 Å². The smallest absolute Gasteiger partial charge is 0.396 e. The van der Waals surface area contributed by atoms with Gasteiger partial charge in [-0.2, -0.15) is 43.2 Å². The molecule has 3 atom stereocenters. The molecule has 1 N–H and O–H groups in total. The van der Waals surface area contributed by atoms with E-state index in [-0.39, 0.29) is 24.9 Å². The molecule has 17 heteroatoms. The van der Waals surface area contributed by atoms with Gasteiger partial charge in [-0.15, -0.1) is 0 Å². The van der Waals surface area contributed by atoms with Crippen LogP contribution < -0.4 is 0 Å². The molecule has 1 heterocycles. The summed E-state index contributed by atoms with van der Waals surface area (Å²) < 4.78 is 136. The van der Waals surface area contributed by atoms with Crippen LogP contribution in [0.5, 0.6) is 0 Å². The number of aliphatic hydroxyl groups excluding tert-OH is 1. The Morgan fingerprint density at radius 2 is 1.27 bits per heavy atom. The van der Waals surface area contributed by atoms with Crippen molar-refractivity contribution >= 4 is 20.2 Å². The van der Waals surface area contributed by atoms with E-state index in [2.05, 4.69) is 21.5 Å². The summed E-state index contributed by atoms with van der Waals surface area (Å²) in [5.41, 5.74) is -11.0. The molecular formula is C23H38F6O9S2. The van der Waals surface area contributed by atoms with Crippen molar-refractivity contribution in [3.8, 4) is 0 Å². The lowest BCUT2D eigenvalue weighted by Crippen LogP contribution is -2.29. The number of ether oxygens (including phenoxy) is 2. The van der Waals surface area contributed by atoms with Crippen molar-refractivity contribution in [1.82, 2.24) is 0 Å². The van der Waals surface area contributed by atoms with Crippen molar-refractivity contribution in [1.29, 1.82) is 0 Å². The van der Waals surface area contributed by atoms with E-state index < -0.39 is 67.5 Å². The second-order valence-corrected chi connectivity index (χ2v) is 12.9. The SMILES string of the molecule is C=C(OS(=O)(=O)C(F)(F)F)C(CO)CC(C)C.C=C(OS(=O)(=O)C(F)(F)F)C(COC1CCCCO1)CC(C)C. The highest BCUT2D eigenvalue weighted by Gasteiger charge is 2.50. The predicted molar refractivity (Wildman–Crippen MR) is 133 cm³/mol. The lowest BCUT2D eigenvalue weighted by molar-refractivity contribution is -0.169. The van der Waals surface area contributed by atoms with E-state index in [9.17, 15) is 43.2 Å². The minimum atomic E-state index is -5.71. The molecule has 1 aliphatic heterocycles. The Balaban J connectivity index is 0.000000799. The summed E-state index contributed by atoms with van der Waals surface area (Å²) in [6.07, 6.45) is 2.82. The molecule has 0 amide bonds. The van der Waals surface area contributed by atoms with E-state index in [0.717, 1.165) is 12.8 Å². The highest BCUT2D eigenvalue weighted by molar-refractivity contribution is 7.88. The largest absolute Gasteiger partial charge is 0.534 e. The third kappa shape index (κ3) is 13.9. The summed E-state index contributed by atoms with van der Waals surface area (Å²) in [7, 11) is -11.4. The van der Waals surface area contributed by atoms with Crippen molar-refractivity contribution in [3.63, 3.8) is 0 Å². The average Bonchev–Trinajstić information content (AvgIpc) is 2.78. The minimum absolute atomic E-state index is 0.00490. The van der Waals surface area contributed by atoms with Crippen LogP contribution in [-0.2, 0) is 38.1 Å². The van der Waals surface area contributed by atoms with Crippen molar-refractivity contribution in [2.24, 2.45) is 23.7 Å². The Kier molecular flexibility index (Phi) is 15.5. The molecule has 9 nitrogen and oxygen atoms in total. The predicted octanol–water partition coefficient (Wildman–Crippen LogP) is 5.59. The van der Waals surface area contributed by atoms with Gasteiger partial charge in [0.25, 0.3) is 0 Å². The van der Waals surface area contributed by atoms with Gasteiger partial charge >= 0.3 is 31.3 Å². The fourth-order valence-corrected chi connectivity index (χ4v) is 4.34. The van der Waals surface area contributed by atoms with Gasteiger partial charge in [-0.1, -0.05) is 40.9 Å². The third-order valence-electron chi connectivity index (χ3n) is 5.26. The number of rotatable bonds is 14. The van der Waals surface area contributed by atoms with Crippen LogP contribution in [0.3, 0.4) is 0 Å². The highest BCUT2D eigenvalue weighted by Crippen LogP contribution is 2.31. The van der Waals surface area contributed by atoms with Gasteiger partial charge in [-0.3, -0.25) is 0 Å². The fraction of sp³-hybridized carbons (Fsp3) is 0.826.